The van der Waals surface area contributed by atoms with Gasteiger partial charge in [0.15, 0.2) is 31.2 Å². The van der Waals surface area contributed by atoms with E-state index in [0.29, 0.717) is 42.9 Å². The van der Waals surface area contributed by atoms with E-state index in [1.54, 1.807) is 24.3 Å². The van der Waals surface area contributed by atoms with Gasteiger partial charge in [0.2, 0.25) is 18.2 Å². The average Bonchev–Trinajstić information content (AvgIpc) is 3.24. The molecule has 1 amide bonds. The summed E-state index contributed by atoms with van der Waals surface area (Å²) in [7, 11) is 0. The number of benzene rings is 2. The maximum Gasteiger partial charge on any atom is 0.430 e. The molecule has 0 saturated carbocycles. The van der Waals surface area contributed by atoms with Crippen molar-refractivity contribution < 1.29 is 101 Å². The van der Waals surface area contributed by atoms with Crippen LogP contribution in [0.15, 0.2) is 72.0 Å². The number of hydrogen-bond donors (Lipinski definition) is 8. The van der Waals surface area contributed by atoms with Crippen LogP contribution in [0, 0.1) is 11.5 Å². The lowest BCUT2D eigenvalue weighted by Crippen LogP contribution is -2.61. The first kappa shape index (κ1) is 55.6. The molecule has 1 fully saturated rings. The molecule has 27 heteroatoms. The molecule has 0 unspecified atom stereocenters. The quantitative estimate of drug-likeness (QED) is 0.0162. The summed E-state index contributed by atoms with van der Waals surface area (Å²) in [6.07, 6.45) is -10.0. The molecule has 1 aromatic heterocycles. The number of anilines is 2. The number of guanidine groups is 1. The number of ether oxygens (including phenoxy) is 3. The van der Waals surface area contributed by atoms with Crippen LogP contribution in [0.25, 0.3) is 0 Å². The number of aliphatic hydroxyl groups excluding tert-OH is 3. The molecule has 2 heterocycles. The Morgan fingerprint density at radius 2 is 1.47 bits per heavy atom. The molecule has 20 nitrogen and oxygen atoms in total. The number of carboxylic acid groups (broad SMARTS) is 3. The largest absolute Gasteiger partial charge is 0.542 e. The van der Waals surface area contributed by atoms with Gasteiger partial charge in [-0.3, -0.25) is 15.1 Å². The summed E-state index contributed by atoms with van der Waals surface area (Å²) >= 11 is 5.89. The van der Waals surface area contributed by atoms with Crippen molar-refractivity contribution in [3.8, 4) is 17.7 Å². The fraction of sp³-hybridized carbons (Fsp3) is 0.410. The number of nitrogens with zero attached hydrogens (tertiary/aromatic N) is 3. The minimum absolute atomic E-state index is 0.0440. The Labute approximate surface area is 375 Å². The van der Waals surface area contributed by atoms with Gasteiger partial charge in [0.05, 0.1) is 30.9 Å². The smallest absolute Gasteiger partial charge is 0.430 e. The van der Waals surface area contributed by atoms with E-state index in [1.165, 1.54) is 6.07 Å². The molecule has 2 aromatic carbocycles. The molecule has 362 valence electrons. The van der Waals surface area contributed by atoms with Crippen LogP contribution < -0.4 is 45.9 Å². The molecule has 1 aliphatic rings. The van der Waals surface area contributed by atoms with Crippen LogP contribution in [0.1, 0.15) is 37.7 Å². The Morgan fingerprint density at radius 1 is 0.879 bits per heavy atom. The first-order valence-electron chi connectivity index (χ1n) is 19.2. The molecule has 3 aromatic rings. The highest BCUT2D eigenvalue weighted by atomic mass is 35.5. The van der Waals surface area contributed by atoms with Crippen LogP contribution >= 0.6 is 11.6 Å². The minimum Gasteiger partial charge on any atom is -0.542 e. The van der Waals surface area contributed by atoms with E-state index in [1.807, 2.05) is 47.4 Å². The summed E-state index contributed by atoms with van der Waals surface area (Å²) in [6, 6.07) is 15.8. The third kappa shape index (κ3) is 20.1. The van der Waals surface area contributed by atoms with Gasteiger partial charge < -0.3 is 70.8 Å². The molecule has 4 rings (SSSR count). The monoisotopic (exact) mass is 967 g/mol. The van der Waals surface area contributed by atoms with Crippen molar-refractivity contribution in [3.05, 3.63) is 77.6 Å². The Bertz CT molecular complexity index is 2090. The maximum atomic E-state index is 12.5. The van der Waals surface area contributed by atoms with E-state index < -0.39 is 61.0 Å². The van der Waals surface area contributed by atoms with Crippen molar-refractivity contribution in [3.63, 3.8) is 0 Å². The number of carbonyl (C=O) groups excluding carboxylic acids is 3. The van der Waals surface area contributed by atoms with Crippen molar-refractivity contribution in [1.29, 1.82) is 5.26 Å². The van der Waals surface area contributed by atoms with Crippen LogP contribution in [-0.2, 0) is 30.5 Å². The van der Waals surface area contributed by atoms with E-state index in [0.717, 1.165) is 37.0 Å². The lowest BCUT2D eigenvalue weighted by molar-refractivity contribution is -0.688. The first-order valence-corrected chi connectivity index (χ1v) is 19.6. The van der Waals surface area contributed by atoms with Gasteiger partial charge >= 0.3 is 18.3 Å². The summed E-state index contributed by atoms with van der Waals surface area (Å²) in [5, 5.41) is 75.8. The van der Waals surface area contributed by atoms with Gasteiger partial charge in [0, 0.05) is 29.3 Å². The number of aliphatic hydroxyl groups is 3. The lowest BCUT2D eigenvalue weighted by Gasteiger charge is -2.38. The van der Waals surface area contributed by atoms with Crippen molar-refractivity contribution >= 4 is 52.8 Å². The predicted octanol–water partition coefficient (Wildman–Crippen LogP) is -0.408. The zero-order valence-corrected chi connectivity index (χ0v) is 35.0. The standard InChI is InChI=1S/C35H42ClN7O9.2C2HF3O2/c36-23-6-8-25(9-7-23)50-18-4-2-1-3-15-39-35(40-21-38)41-24-12-16-43(17-13-24)20-22-5-10-27(26(19-22)42-28(44)11-14-37)51-34-31(47)29(45)30(46)32(52-34)33(48)49;2*3-2(4,5)1(6)7/h5-10,12-13,16-17,19,29-32,34,45-47H,1-4,11,14-15,18,20,37H2,(H3,39,40,42,44,48,49);2*(H,6,7)/t29-,30-,31+,32-,34+;;/m0../s1. The zero-order chi connectivity index (χ0) is 49.6. The second-order valence-corrected chi connectivity index (χ2v) is 13.9. The highest BCUT2D eigenvalue weighted by Gasteiger charge is 2.48. The van der Waals surface area contributed by atoms with E-state index in [2.05, 4.69) is 26.7 Å². The van der Waals surface area contributed by atoms with Gasteiger partial charge in [-0.1, -0.05) is 18.0 Å². The summed E-state index contributed by atoms with van der Waals surface area (Å²) in [5.74, 6) is -6.76. The van der Waals surface area contributed by atoms with Crippen molar-refractivity contribution in [2.24, 2.45) is 4.99 Å². The number of nitrogens with one attached hydrogen (secondary N) is 3. The van der Waals surface area contributed by atoms with Crippen molar-refractivity contribution in [2.75, 3.05) is 30.3 Å². The number of aromatic nitrogens is 1. The molecule has 5 atom stereocenters. The zero-order valence-electron chi connectivity index (χ0n) is 34.3. The molecule has 0 spiro atoms. The Hall–Kier alpha value is -6.50. The van der Waals surface area contributed by atoms with Gasteiger partial charge in [-0.15, -0.1) is 0 Å². The first-order chi connectivity index (χ1) is 31.0. The molecule has 10 N–H and O–H groups in total. The lowest BCUT2D eigenvalue weighted by atomic mass is 9.99. The Kier molecular flexibility index (Phi) is 22.8. The molecule has 0 aliphatic carbocycles. The summed E-state index contributed by atoms with van der Waals surface area (Å²) in [4.78, 5) is 46.1. The second-order valence-electron chi connectivity index (χ2n) is 13.5. The van der Waals surface area contributed by atoms with E-state index in [-0.39, 0.29) is 23.8 Å². The molecule has 0 radical (unpaired) electrons. The van der Waals surface area contributed by atoms with Crippen molar-refractivity contribution in [1.82, 2.24) is 5.32 Å². The number of amides is 1. The predicted molar refractivity (Wildman–Crippen MR) is 210 cm³/mol. The van der Waals surface area contributed by atoms with Crippen LogP contribution in [0.5, 0.6) is 11.5 Å². The van der Waals surface area contributed by atoms with Crippen LogP contribution in [-0.4, -0.2) is 113 Å². The topological polar surface area (TPSA) is 327 Å². The number of rotatable bonds is 17. The molecule has 66 heavy (non-hydrogen) atoms. The van der Waals surface area contributed by atoms with Gasteiger partial charge in [-0.05, 0) is 61.7 Å². The second kappa shape index (κ2) is 27.1. The average molecular weight is 968 g/mol. The fourth-order valence-electron chi connectivity index (χ4n) is 5.16. The van der Waals surface area contributed by atoms with Gasteiger partial charge in [0.1, 0.15) is 41.7 Å². The number of nitriles is 1. The third-order valence-electron chi connectivity index (χ3n) is 8.34. The summed E-state index contributed by atoms with van der Waals surface area (Å²) < 4.78 is 81.7. The van der Waals surface area contributed by atoms with Crippen LogP contribution in [0.2, 0.25) is 5.02 Å². The number of alkyl halides is 6. The minimum atomic E-state index is -5.19. The Morgan fingerprint density at radius 3 is 2.02 bits per heavy atom. The van der Waals surface area contributed by atoms with E-state index >= 15 is 0 Å². The molecule has 1 aliphatic heterocycles. The van der Waals surface area contributed by atoms with Gasteiger partial charge in [-0.25, -0.2) is 9.36 Å². The fourth-order valence-corrected chi connectivity index (χ4v) is 5.29. The number of aliphatic carboxylic acids is 3. The molecule has 1 saturated heterocycles. The molecular formula is C39H44ClF6N7O13. The number of unbranched alkanes of at least 4 members (excludes halogenated alkanes) is 3. The van der Waals surface area contributed by atoms with Crippen LogP contribution in [0.4, 0.5) is 37.7 Å². The number of hydrogen-bond acceptors (Lipinski definition) is 14. The molecular weight excluding hydrogens is 924 g/mol. The number of aliphatic imine (C=N–C) groups is 1. The van der Waals surface area contributed by atoms with Crippen molar-refractivity contribution in [2.45, 2.75) is 81.7 Å². The number of halogens is 7. The maximum absolute atomic E-state index is 12.5. The normalized spacial score (nSPS) is 18.2. The highest BCUT2D eigenvalue weighted by molar-refractivity contribution is 6.30. The number of pyridine rings is 1. The van der Waals surface area contributed by atoms with Gasteiger partial charge in [-0.2, -0.15) is 31.6 Å². The summed E-state index contributed by atoms with van der Waals surface area (Å²) in [6.45, 7) is 1.86. The van der Waals surface area contributed by atoms with Gasteiger partial charge in [0.25, 0.3) is 0 Å². The van der Waals surface area contributed by atoms with E-state index in [4.69, 9.17) is 45.6 Å². The highest BCUT2D eigenvalue weighted by Crippen LogP contribution is 2.31. The molecule has 0 bridgehead atoms. The van der Waals surface area contributed by atoms with E-state index in [9.17, 15) is 61.6 Å². The summed E-state index contributed by atoms with van der Waals surface area (Å²) in [5.41, 5.74) is 5.35. The number of carboxylic acids is 3. The number of quaternary nitrogens is 1. The van der Waals surface area contributed by atoms with Crippen LogP contribution in [0.3, 0.4) is 0 Å². The third-order valence-corrected chi connectivity index (χ3v) is 8.59. The Balaban J connectivity index is 0.000000923. The SMILES string of the molecule is N#CNC(=NCCCCCCOc1ccc(Cl)cc1)Nc1cc[n+](Cc2ccc(O[C@@H]3O[C@H](C(=O)O)[C@@H](O)[C@H](O)[C@H]3O)c(NC(=O)CC[NH3+])c2)cc1.O=C([O-])C(F)(F)F.O=C([O-])C(F)(F)F. The number of carbonyl (C=O) groups is 4.